The van der Waals surface area contributed by atoms with Crippen molar-refractivity contribution in [2.45, 2.75) is 18.9 Å². The first kappa shape index (κ1) is 18.7. The molecule has 0 unspecified atom stereocenters. The molecule has 0 atom stereocenters. The number of carbonyl (C=O) groups excluding carboxylic acids is 2. The third-order valence-electron chi connectivity index (χ3n) is 4.60. The minimum absolute atomic E-state index is 0.219. The second-order valence-corrected chi connectivity index (χ2v) is 6.82. The second kappa shape index (κ2) is 8.18. The summed E-state index contributed by atoms with van der Waals surface area (Å²) in [5.41, 5.74) is 2.32. The molecule has 0 radical (unpaired) electrons. The lowest BCUT2D eigenvalue weighted by Gasteiger charge is -2.06. The van der Waals surface area contributed by atoms with Crippen LogP contribution in [0.25, 0.3) is 16.9 Å². The van der Waals surface area contributed by atoms with E-state index in [1.165, 1.54) is 0 Å². The summed E-state index contributed by atoms with van der Waals surface area (Å²) in [6, 6.07) is 17.0. The van der Waals surface area contributed by atoms with E-state index in [9.17, 15) is 9.59 Å². The van der Waals surface area contributed by atoms with E-state index in [0.29, 0.717) is 17.0 Å². The number of benzene rings is 2. The maximum Gasteiger partial charge on any atom is 0.342 e. The highest BCUT2D eigenvalue weighted by molar-refractivity contribution is 5.97. The van der Waals surface area contributed by atoms with Gasteiger partial charge in [-0.05, 0) is 49.2 Å². The Balaban J connectivity index is 1.61. The number of nitrogens with one attached hydrogen (secondary N) is 1. The van der Waals surface area contributed by atoms with Crippen LogP contribution in [0.3, 0.4) is 0 Å². The Hall–Kier alpha value is -3.61. The van der Waals surface area contributed by atoms with Gasteiger partial charge in [0.25, 0.3) is 5.91 Å². The lowest BCUT2D eigenvalue weighted by Crippen LogP contribution is -2.30. The molecule has 2 aromatic carbocycles. The van der Waals surface area contributed by atoms with Gasteiger partial charge in [-0.2, -0.15) is 5.10 Å². The number of ether oxygens (including phenoxy) is 2. The number of nitrogens with zero attached hydrogens (tertiary/aromatic N) is 2. The van der Waals surface area contributed by atoms with Gasteiger partial charge in [0.05, 0.1) is 12.8 Å². The van der Waals surface area contributed by atoms with Crippen LogP contribution in [0, 0.1) is 0 Å². The van der Waals surface area contributed by atoms with Crippen LogP contribution in [0.5, 0.6) is 5.75 Å². The summed E-state index contributed by atoms with van der Waals surface area (Å²) >= 11 is 0. The molecule has 1 aromatic heterocycles. The van der Waals surface area contributed by atoms with Crippen LogP contribution in [0.1, 0.15) is 23.2 Å². The lowest BCUT2D eigenvalue weighted by molar-refractivity contribution is -0.124. The molecule has 3 aromatic rings. The number of esters is 1. The topological polar surface area (TPSA) is 82.5 Å². The Kier molecular flexibility index (Phi) is 5.29. The zero-order valence-electron chi connectivity index (χ0n) is 16.0. The molecule has 4 rings (SSSR count). The third-order valence-corrected chi connectivity index (χ3v) is 4.60. The molecule has 1 heterocycles. The standard InChI is InChI=1S/C22H21N3O4/c1-28-18-11-7-15(8-12-18)21-19(13-25(24-21)17-5-3-2-4-6-17)22(27)29-14-20(26)23-16-9-10-16/h2-8,11-13,16H,9-10,14H2,1H3,(H,23,26). The molecule has 0 spiro atoms. The van der Waals surface area contributed by atoms with E-state index in [-0.39, 0.29) is 18.6 Å². The first-order chi connectivity index (χ1) is 14.1. The van der Waals surface area contributed by atoms with Crippen molar-refractivity contribution >= 4 is 11.9 Å². The number of hydrogen-bond acceptors (Lipinski definition) is 5. The van der Waals surface area contributed by atoms with Gasteiger partial charge in [-0.3, -0.25) is 4.79 Å². The Labute approximate surface area is 168 Å². The van der Waals surface area contributed by atoms with Crippen molar-refractivity contribution < 1.29 is 19.1 Å². The van der Waals surface area contributed by atoms with Crippen molar-refractivity contribution in [2.24, 2.45) is 0 Å². The zero-order valence-corrected chi connectivity index (χ0v) is 16.0. The van der Waals surface area contributed by atoms with Gasteiger partial charge >= 0.3 is 5.97 Å². The highest BCUT2D eigenvalue weighted by Crippen LogP contribution is 2.26. The van der Waals surface area contributed by atoms with Gasteiger partial charge in [0.15, 0.2) is 6.61 Å². The minimum Gasteiger partial charge on any atom is -0.497 e. The highest BCUT2D eigenvalue weighted by Gasteiger charge is 2.25. The summed E-state index contributed by atoms with van der Waals surface area (Å²) in [6.45, 7) is -0.312. The maximum absolute atomic E-state index is 12.7. The summed E-state index contributed by atoms with van der Waals surface area (Å²) in [4.78, 5) is 24.6. The summed E-state index contributed by atoms with van der Waals surface area (Å²) in [7, 11) is 1.59. The average Bonchev–Trinajstić information content (AvgIpc) is 3.46. The van der Waals surface area contributed by atoms with Gasteiger partial charge in [-0.1, -0.05) is 18.2 Å². The molecule has 1 saturated carbocycles. The number of carbonyl (C=O) groups is 2. The Morgan fingerprint density at radius 2 is 1.83 bits per heavy atom. The first-order valence-corrected chi connectivity index (χ1v) is 9.40. The summed E-state index contributed by atoms with van der Waals surface area (Å²) in [6.07, 6.45) is 3.58. The molecule has 148 valence electrons. The molecule has 0 saturated heterocycles. The van der Waals surface area contributed by atoms with E-state index in [1.807, 2.05) is 42.5 Å². The Bertz CT molecular complexity index is 1010. The predicted octanol–water partition coefficient (Wildman–Crippen LogP) is 2.98. The first-order valence-electron chi connectivity index (χ1n) is 9.40. The molecular weight excluding hydrogens is 370 g/mol. The van der Waals surface area contributed by atoms with Crippen LogP contribution in [-0.2, 0) is 9.53 Å². The van der Waals surface area contributed by atoms with Gasteiger partial charge < -0.3 is 14.8 Å². The fourth-order valence-corrected chi connectivity index (χ4v) is 2.90. The fourth-order valence-electron chi connectivity index (χ4n) is 2.90. The van der Waals surface area contributed by atoms with E-state index in [4.69, 9.17) is 9.47 Å². The van der Waals surface area contributed by atoms with Crippen molar-refractivity contribution in [1.82, 2.24) is 15.1 Å². The number of aromatic nitrogens is 2. The largest absolute Gasteiger partial charge is 0.497 e. The molecule has 0 bridgehead atoms. The van der Waals surface area contributed by atoms with Crippen LogP contribution in [0.4, 0.5) is 0 Å². The van der Waals surface area contributed by atoms with Crippen LogP contribution in [-0.4, -0.2) is 41.4 Å². The zero-order chi connectivity index (χ0) is 20.2. The van der Waals surface area contributed by atoms with Crippen molar-refractivity contribution in [3.63, 3.8) is 0 Å². The molecular formula is C22H21N3O4. The molecule has 7 heteroatoms. The van der Waals surface area contributed by atoms with Crippen LogP contribution >= 0.6 is 0 Å². The SMILES string of the molecule is COc1ccc(-c2nn(-c3ccccc3)cc2C(=O)OCC(=O)NC2CC2)cc1. The molecule has 1 N–H and O–H groups in total. The highest BCUT2D eigenvalue weighted by atomic mass is 16.5. The summed E-state index contributed by atoms with van der Waals surface area (Å²) in [5.74, 6) is -0.177. The number of rotatable bonds is 7. The Morgan fingerprint density at radius 3 is 2.48 bits per heavy atom. The number of hydrogen-bond donors (Lipinski definition) is 1. The number of amides is 1. The predicted molar refractivity (Wildman–Crippen MR) is 107 cm³/mol. The smallest absolute Gasteiger partial charge is 0.342 e. The van der Waals surface area contributed by atoms with Gasteiger partial charge in [0.1, 0.15) is 17.0 Å². The van der Waals surface area contributed by atoms with E-state index in [2.05, 4.69) is 10.4 Å². The van der Waals surface area contributed by atoms with Crippen molar-refractivity contribution in [3.05, 3.63) is 66.4 Å². The fraction of sp³-hybridized carbons (Fsp3) is 0.227. The normalized spacial score (nSPS) is 13.0. The molecule has 29 heavy (non-hydrogen) atoms. The second-order valence-electron chi connectivity index (χ2n) is 6.82. The molecule has 1 aliphatic rings. The van der Waals surface area contributed by atoms with Crippen molar-refractivity contribution in [2.75, 3.05) is 13.7 Å². The lowest BCUT2D eigenvalue weighted by atomic mass is 10.1. The molecule has 1 fully saturated rings. The minimum atomic E-state index is -0.594. The van der Waals surface area contributed by atoms with E-state index in [1.54, 1.807) is 30.1 Å². The summed E-state index contributed by atoms with van der Waals surface area (Å²) < 4.78 is 12.1. The number of para-hydroxylation sites is 1. The quantitative estimate of drug-likeness (QED) is 0.626. The molecule has 7 nitrogen and oxygen atoms in total. The van der Waals surface area contributed by atoms with Gasteiger partial charge in [0, 0.05) is 17.8 Å². The van der Waals surface area contributed by atoms with E-state index in [0.717, 1.165) is 24.1 Å². The average molecular weight is 391 g/mol. The number of methoxy groups -OCH3 is 1. The van der Waals surface area contributed by atoms with Crippen LogP contribution in [0.2, 0.25) is 0 Å². The van der Waals surface area contributed by atoms with Crippen molar-refractivity contribution in [1.29, 1.82) is 0 Å². The van der Waals surface area contributed by atoms with Gasteiger partial charge in [-0.15, -0.1) is 0 Å². The van der Waals surface area contributed by atoms with E-state index < -0.39 is 5.97 Å². The van der Waals surface area contributed by atoms with Gasteiger partial charge in [-0.25, -0.2) is 9.48 Å². The summed E-state index contributed by atoms with van der Waals surface area (Å²) in [5, 5.41) is 7.39. The van der Waals surface area contributed by atoms with Crippen LogP contribution < -0.4 is 10.1 Å². The van der Waals surface area contributed by atoms with Crippen LogP contribution in [0.15, 0.2) is 60.8 Å². The molecule has 1 aliphatic carbocycles. The van der Waals surface area contributed by atoms with Crippen molar-refractivity contribution in [3.8, 4) is 22.7 Å². The van der Waals surface area contributed by atoms with Gasteiger partial charge in [0.2, 0.25) is 0 Å². The third kappa shape index (κ3) is 4.45. The molecule has 1 amide bonds. The monoisotopic (exact) mass is 391 g/mol. The Morgan fingerprint density at radius 1 is 1.10 bits per heavy atom. The maximum atomic E-state index is 12.7. The molecule has 0 aliphatic heterocycles. The van der Waals surface area contributed by atoms with E-state index >= 15 is 0 Å².